The van der Waals surface area contributed by atoms with Crippen molar-refractivity contribution < 1.29 is 4.74 Å². The molecule has 0 saturated carbocycles. The zero-order chi connectivity index (χ0) is 7.66. The molecule has 0 bridgehead atoms. The summed E-state index contributed by atoms with van der Waals surface area (Å²) in [6, 6.07) is 1.98. The number of rotatable bonds is 3. The second-order valence-electron chi connectivity index (χ2n) is 1.45. The van der Waals surface area contributed by atoms with Gasteiger partial charge in [0, 0.05) is 0 Å². The summed E-state index contributed by atoms with van der Waals surface area (Å²) in [5.74, 6) is 5.55. The van der Waals surface area contributed by atoms with Crippen molar-refractivity contribution in [1.29, 1.82) is 5.26 Å². The molecule has 0 aliphatic rings. The molecule has 10 heavy (non-hydrogen) atoms. The Labute approximate surface area is 69.3 Å². The lowest BCUT2D eigenvalue weighted by Gasteiger charge is -1.90. The van der Waals surface area contributed by atoms with Crippen LogP contribution in [0.25, 0.3) is 0 Å². The minimum atomic E-state index is 0.424. The first-order valence-corrected chi connectivity index (χ1v) is 4.00. The number of hydrogen-bond donors (Lipinski definition) is 0. The average Bonchev–Trinajstić information content (AvgIpc) is 1.97. The van der Waals surface area contributed by atoms with Crippen molar-refractivity contribution in [3.8, 4) is 17.9 Å². The van der Waals surface area contributed by atoms with Gasteiger partial charge >= 0.3 is 0 Å². The average molecular weight is 202 g/mol. The van der Waals surface area contributed by atoms with E-state index >= 15 is 0 Å². The van der Waals surface area contributed by atoms with Crippen LogP contribution in [0, 0.1) is 23.2 Å². The third kappa shape index (κ3) is 7.49. The maximum Gasteiger partial charge on any atom is 0.107 e. The van der Waals surface area contributed by atoms with Crippen molar-refractivity contribution in [1.82, 2.24) is 0 Å². The Morgan fingerprint density at radius 1 is 1.40 bits per heavy atom. The molecule has 0 fully saturated rings. The molecule has 0 aromatic rings. The molecule has 0 spiro atoms. The largest absolute Gasteiger partial charge is 0.368 e. The molecule has 0 aliphatic carbocycles. The van der Waals surface area contributed by atoms with Crippen molar-refractivity contribution in [2.45, 2.75) is 6.42 Å². The molecule has 0 aromatic carbocycles. The van der Waals surface area contributed by atoms with Gasteiger partial charge in [-0.15, -0.1) is 0 Å². The second kappa shape index (κ2) is 8.49. The van der Waals surface area contributed by atoms with Gasteiger partial charge in [-0.05, 0) is 0 Å². The Hall–Kier alpha value is -0.510. The summed E-state index contributed by atoms with van der Waals surface area (Å²) in [5, 5.41) is 8.77. The van der Waals surface area contributed by atoms with E-state index in [1.807, 2.05) is 6.07 Å². The summed E-state index contributed by atoms with van der Waals surface area (Å²) >= 11 is 3.15. The van der Waals surface area contributed by atoms with Crippen molar-refractivity contribution in [2.75, 3.05) is 18.5 Å². The normalized spacial score (nSPS) is 7.60. The van der Waals surface area contributed by atoms with Gasteiger partial charge in [-0.3, -0.25) is 0 Å². The molecule has 0 amide bonds. The van der Waals surface area contributed by atoms with Crippen molar-refractivity contribution in [3.05, 3.63) is 0 Å². The Kier molecular flexibility index (Phi) is 8.06. The van der Waals surface area contributed by atoms with Gasteiger partial charge in [-0.2, -0.15) is 5.26 Å². The molecule has 0 rings (SSSR count). The highest BCUT2D eigenvalue weighted by Gasteiger charge is 1.80. The molecule has 0 radical (unpaired) electrons. The molecule has 0 unspecified atom stereocenters. The van der Waals surface area contributed by atoms with Crippen molar-refractivity contribution >= 4 is 15.9 Å². The summed E-state index contributed by atoms with van der Waals surface area (Å²) in [6.45, 7) is 0.904. The van der Waals surface area contributed by atoms with E-state index in [-0.39, 0.29) is 0 Å². The standard InChI is InChI=1S/C7H8BrNO/c8-4-1-2-6-10-7-3-5-9/h3-4,6-7H2. The number of hydrogen-bond acceptors (Lipinski definition) is 2. The van der Waals surface area contributed by atoms with Crippen LogP contribution in [0.1, 0.15) is 6.42 Å². The van der Waals surface area contributed by atoms with Crippen LogP contribution in [0.4, 0.5) is 0 Å². The number of nitrogens with zero attached hydrogens (tertiary/aromatic N) is 1. The van der Waals surface area contributed by atoms with E-state index < -0.39 is 0 Å². The molecule has 54 valence electrons. The van der Waals surface area contributed by atoms with E-state index in [0.29, 0.717) is 25.0 Å². The fourth-order valence-corrected chi connectivity index (χ4v) is 0.538. The van der Waals surface area contributed by atoms with E-state index in [9.17, 15) is 0 Å². The molecular weight excluding hydrogens is 194 g/mol. The minimum absolute atomic E-state index is 0.424. The SMILES string of the molecule is N#CCCOCC#CCBr. The third-order valence-corrected chi connectivity index (χ3v) is 1.00. The Morgan fingerprint density at radius 2 is 2.20 bits per heavy atom. The van der Waals surface area contributed by atoms with Gasteiger partial charge in [0.25, 0.3) is 0 Å². The van der Waals surface area contributed by atoms with Crippen LogP contribution in [0.3, 0.4) is 0 Å². The number of alkyl halides is 1. The van der Waals surface area contributed by atoms with Gasteiger partial charge in [0.2, 0.25) is 0 Å². The zero-order valence-corrected chi connectivity index (χ0v) is 7.15. The van der Waals surface area contributed by atoms with E-state index in [4.69, 9.17) is 10.00 Å². The Bertz CT molecular complexity index is 163. The second-order valence-corrected chi connectivity index (χ2v) is 2.01. The van der Waals surface area contributed by atoms with Crippen LogP contribution in [-0.4, -0.2) is 18.5 Å². The third-order valence-electron chi connectivity index (χ3n) is 0.724. The predicted molar refractivity (Wildman–Crippen MR) is 42.6 cm³/mol. The lowest BCUT2D eigenvalue weighted by atomic mass is 10.5. The fourth-order valence-electron chi connectivity index (χ4n) is 0.339. The van der Waals surface area contributed by atoms with Gasteiger partial charge in [0.1, 0.15) is 6.61 Å². The van der Waals surface area contributed by atoms with Crippen LogP contribution < -0.4 is 0 Å². The highest BCUT2D eigenvalue weighted by atomic mass is 79.9. The van der Waals surface area contributed by atoms with Crippen LogP contribution in [0.5, 0.6) is 0 Å². The molecule has 0 heterocycles. The fraction of sp³-hybridized carbons (Fsp3) is 0.571. The first kappa shape index (κ1) is 9.49. The highest BCUT2D eigenvalue weighted by molar-refractivity contribution is 9.09. The number of nitriles is 1. The van der Waals surface area contributed by atoms with E-state index in [2.05, 4.69) is 27.8 Å². The van der Waals surface area contributed by atoms with Gasteiger partial charge in [-0.1, -0.05) is 27.8 Å². The van der Waals surface area contributed by atoms with Crippen LogP contribution in [-0.2, 0) is 4.74 Å². The van der Waals surface area contributed by atoms with Crippen molar-refractivity contribution in [3.63, 3.8) is 0 Å². The number of ether oxygens (including phenoxy) is 1. The Morgan fingerprint density at radius 3 is 2.80 bits per heavy atom. The van der Waals surface area contributed by atoms with Crippen LogP contribution in [0.2, 0.25) is 0 Å². The van der Waals surface area contributed by atoms with Crippen molar-refractivity contribution in [2.24, 2.45) is 0 Å². The predicted octanol–water partition coefficient (Wildman–Crippen LogP) is 1.31. The van der Waals surface area contributed by atoms with E-state index in [1.54, 1.807) is 0 Å². The monoisotopic (exact) mass is 201 g/mol. The maximum absolute atomic E-state index is 8.10. The Balaban J connectivity index is 2.99. The first-order valence-electron chi connectivity index (χ1n) is 2.88. The lowest BCUT2D eigenvalue weighted by molar-refractivity contribution is 0.173. The first-order chi connectivity index (χ1) is 4.91. The topological polar surface area (TPSA) is 33.0 Å². The van der Waals surface area contributed by atoms with Gasteiger partial charge in [-0.25, -0.2) is 0 Å². The molecule has 3 heteroatoms. The van der Waals surface area contributed by atoms with Crippen LogP contribution >= 0.6 is 15.9 Å². The highest BCUT2D eigenvalue weighted by Crippen LogP contribution is 1.78. The molecule has 0 aromatic heterocycles. The zero-order valence-electron chi connectivity index (χ0n) is 5.56. The lowest BCUT2D eigenvalue weighted by Crippen LogP contribution is -1.92. The smallest absolute Gasteiger partial charge is 0.107 e. The number of halogens is 1. The molecule has 0 saturated heterocycles. The van der Waals surface area contributed by atoms with Gasteiger partial charge < -0.3 is 4.74 Å². The van der Waals surface area contributed by atoms with Gasteiger partial charge in [0.05, 0.1) is 24.4 Å². The summed E-state index contributed by atoms with van der Waals surface area (Å²) in [4.78, 5) is 0. The van der Waals surface area contributed by atoms with Gasteiger partial charge in [0.15, 0.2) is 0 Å². The van der Waals surface area contributed by atoms with E-state index in [1.165, 1.54) is 0 Å². The summed E-state index contributed by atoms with van der Waals surface area (Å²) in [5.41, 5.74) is 0. The van der Waals surface area contributed by atoms with E-state index in [0.717, 1.165) is 0 Å². The molecule has 0 N–H and O–H groups in total. The molecular formula is C7H8BrNO. The quantitative estimate of drug-likeness (QED) is 0.392. The summed E-state index contributed by atoms with van der Waals surface area (Å²) in [6.07, 6.45) is 0.440. The molecule has 0 aliphatic heterocycles. The maximum atomic E-state index is 8.10. The summed E-state index contributed by atoms with van der Waals surface area (Å²) < 4.78 is 4.96. The molecule has 0 atom stereocenters. The minimum Gasteiger partial charge on any atom is -0.368 e. The summed E-state index contributed by atoms with van der Waals surface area (Å²) in [7, 11) is 0. The molecule has 2 nitrogen and oxygen atoms in total. The van der Waals surface area contributed by atoms with Crippen LogP contribution in [0.15, 0.2) is 0 Å².